The smallest absolute Gasteiger partial charge is 0.252 e. The summed E-state index contributed by atoms with van der Waals surface area (Å²) in [6, 6.07) is 13.0. The fourth-order valence-corrected chi connectivity index (χ4v) is 2.95. The normalized spacial score (nSPS) is 11.0. The van der Waals surface area contributed by atoms with E-state index < -0.39 is 15.7 Å². The zero-order valence-corrected chi connectivity index (χ0v) is 14.0. The summed E-state index contributed by atoms with van der Waals surface area (Å²) in [7, 11) is -3.46. The third kappa shape index (κ3) is 4.97. The largest absolute Gasteiger partial charge is 0.492 e. The molecule has 0 heterocycles. The van der Waals surface area contributed by atoms with Gasteiger partial charge in [-0.2, -0.15) is 0 Å². The summed E-state index contributed by atoms with van der Waals surface area (Å²) >= 11 is 5.77. The summed E-state index contributed by atoms with van der Waals surface area (Å²) in [5, 5.41) is 3.25. The van der Waals surface area contributed by atoms with Gasteiger partial charge in [-0.25, -0.2) is 8.42 Å². The van der Waals surface area contributed by atoms with Gasteiger partial charge in [-0.1, -0.05) is 23.7 Å². The molecule has 2 aromatic carbocycles. The number of carbonyl (C=O) groups is 1. The molecule has 0 spiro atoms. The number of ether oxygens (including phenoxy) is 1. The monoisotopic (exact) mass is 353 g/mol. The average molecular weight is 354 g/mol. The molecule has 2 rings (SSSR count). The number of nitrogens with one attached hydrogen (secondary N) is 1. The van der Waals surface area contributed by atoms with Gasteiger partial charge < -0.3 is 10.1 Å². The number of hydrogen-bond donors (Lipinski definition) is 1. The van der Waals surface area contributed by atoms with Crippen molar-refractivity contribution in [3.8, 4) is 5.75 Å². The lowest BCUT2D eigenvalue weighted by Gasteiger charge is -2.10. The average Bonchev–Trinajstić information content (AvgIpc) is 2.52. The third-order valence-electron chi connectivity index (χ3n) is 3.00. The fraction of sp³-hybridized carbons (Fsp3) is 0.188. The van der Waals surface area contributed by atoms with Crippen LogP contribution in [-0.4, -0.2) is 33.7 Å². The number of rotatable bonds is 6. The van der Waals surface area contributed by atoms with Crippen molar-refractivity contribution < 1.29 is 17.9 Å². The first kappa shape index (κ1) is 17.3. The lowest BCUT2D eigenvalue weighted by Crippen LogP contribution is -2.29. The summed E-state index contributed by atoms with van der Waals surface area (Å²) in [4.78, 5) is 12.1. The van der Waals surface area contributed by atoms with Crippen LogP contribution in [0.25, 0.3) is 0 Å². The van der Waals surface area contributed by atoms with Crippen LogP contribution in [0.5, 0.6) is 5.75 Å². The molecule has 0 radical (unpaired) electrons. The predicted molar refractivity (Wildman–Crippen MR) is 88.8 cm³/mol. The van der Waals surface area contributed by atoms with Gasteiger partial charge in [-0.05, 0) is 36.4 Å². The maximum absolute atomic E-state index is 12.1. The zero-order chi connectivity index (χ0) is 16.9. The molecule has 0 bridgehead atoms. The first-order valence-corrected chi connectivity index (χ1v) is 9.10. The van der Waals surface area contributed by atoms with E-state index in [4.69, 9.17) is 16.3 Å². The number of amides is 1. The second kappa shape index (κ2) is 7.48. The molecule has 0 atom stereocenters. The molecule has 0 unspecified atom stereocenters. The fourth-order valence-electron chi connectivity index (χ4n) is 1.94. The van der Waals surface area contributed by atoms with Crippen LogP contribution in [0.1, 0.15) is 10.4 Å². The standard InChI is InChI=1S/C16H16ClNO4S/c1-23(20,21)15-5-3-2-4-14(15)16(19)18-10-11-22-13-8-6-12(17)7-9-13/h2-9H,10-11H2,1H3,(H,18,19). The van der Waals surface area contributed by atoms with Crippen molar-refractivity contribution in [1.29, 1.82) is 0 Å². The maximum Gasteiger partial charge on any atom is 0.252 e. The van der Waals surface area contributed by atoms with E-state index >= 15 is 0 Å². The van der Waals surface area contributed by atoms with Gasteiger partial charge in [-0.3, -0.25) is 4.79 Å². The number of halogens is 1. The van der Waals surface area contributed by atoms with Crippen LogP contribution in [-0.2, 0) is 9.84 Å². The van der Waals surface area contributed by atoms with Gasteiger partial charge in [0.25, 0.3) is 5.91 Å². The summed E-state index contributed by atoms with van der Waals surface area (Å²) < 4.78 is 28.8. The van der Waals surface area contributed by atoms with Gasteiger partial charge >= 0.3 is 0 Å². The van der Waals surface area contributed by atoms with E-state index in [0.29, 0.717) is 10.8 Å². The molecule has 23 heavy (non-hydrogen) atoms. The number of carbonyl (C=O) groups excluding carboxylic acids is 1. The molecule has 0 saturated carbocycles. The highest BCUT2D eigenvalue weighted by Crippen LogP contribution is 2.16. The van der Waals surface area contributed by atoms with Crippen LogP contribution >= 0.6 is 11.6 Å². The second-order valence-corrected chi connectivity index (χ2v) is 7.25. The van der Waals surface area contributed by atoms with Crippen molar-refractivity contribution in [1.82, 2.24) is 5.32 Å². The third-order valence-corrected chi connectivity index (χ3v) is 4.41. The summed E-state index contributed by atoms with van der Waals surface area (Å²) in [5.74, 6) is 0.186. The molecule has 5 nitrogen and oxygen atoms in total. The molecule has 2 aromatic rings. The quantitative estimate of drug-likeness (QED) is 0.810. The van der Waals surface area contributed by atoms with Gasteiger partial charge in [0.2, 0.25) is 0 Å². The van der Waals surface area contributed by atoms with Gasteiger partial charge in [0.1, 0.15) is 12.4 Å². The van der Waals surface area contributed by atoms with E-state index in [-0.39, 0.29) is 23.6 Å². The van der Waals surface area contributed by atoms with Crippen LogP contribution < -0.4 is 10.1 Å². The minimum absolute atomic E-state index is 0.0103. The Balaban J connectivity index is 1.92. The molecule has 0 aromatic heterocycles. The number of benzene rings is 2. The lowest BCUT2D eigenvalue weighted by molar-refractivity contribution is 0.0943. The number of hydrogen-bond acceptors (Lipinski definition) is 4. The van der Waals surface area contributed by atoms with E-state index in [1.807, 2.05) is 0 Å². The Labute approximate surface area is 140 Å². The molecule has 0 saturated heterocycles. The zero-order valence-electron chi connectivity index (χ0n) is 12.5. The molecular weight excluding hydrogens is 338 g/mol. The molecule has 0 aliphatic carbocycles. The highest BCUT2D eigenvalue weighted by molar-refractivity contribution is 7.90. The summed E-state index contributed by atoms with van der Waals surface area (Å²) in [6.07, 6.45) is 1.07. The highest BCUT2D eigenvalue weighted by atomic mass is 35.5. The Morgan fingerprint density at radius 3 is 2.43 bits per heavy atom. The molecule has 7 heteroatoms. The predicted octanol–water partition coefficient (Wildman–Crippen LogP) is 2.55. The molecule has 0 aliphatic heterocycles. The SMILES string of the molecule is CS(=O)(=O)c1ccccc1C(=O)NCCOc1ccc(Cl)cc1. The first-order valence-electron chi connectivity index (χ1n) is 6.83. The van der Waals surface area contributed by atoms with E-state index in [0.717, 1.165) is 6.26 Å². The minimum Gasteiger partial charge on any atom is -0.492 e. The highest BCUT2D eigenvalue weighted by Gasteiger charge is 2.17. The Morgan fingerprint density at radius 1 is 1.13 bits per heavy atom. The molecular formula is C16H16ClNO4S. The minimum atomic E-state index is -3.46. The topological polar surface area (TPSA) is 72.5 Å². The Kier molecular flexibility index (Phi) is 5.63. The van der Waals surface area contributed by atoms with Crippen LogP contribution in [0.15, 0.2) is 53.4 Å². The van der Waals surface area contributed by atoms with Gasteiger partial charge in [-0.15, -0.1) is 0 Å². The first-order chi connectivity index (χ1) is 10.9. The molecule has 1 N–H and O–H groups in total. The molecule has 0 fully saturated rings. The second-order valence-electron chi connectivity index (χ2n) is 4.83. The van der Waals surface area contributed by atoms with Crippen molar-refractivity contribution in [3.05, 3.63) is 59.1 Å². The Morgan fingerprint density at radius 2 is 1.78 bits per heavy atom. The molecule has 122 valence electrons. The van der Waals surface area contributed by atoms with Crippen molar-refractivity contribution >= 4 is 27.3 Å². The van der Waals surface area contributed by atoms with Crippen LogP contribution in [0.2, 0.25) is 5.02 Å². The maximum atomic E-state index is 12.1. The van der Waals surface area contributed by atoms with Crippen LogP contribution in [0, 0.1) is 0 Å². The van der Waals surface area contributed by atoms with Gasteiger partial charge in [0.15, 0.2) is 9.84 Å². The Bertz CT molecular complexity index is 788. The molecule has 0 aliphatic rings. The van der Waals surface area contributed by atoms with E-state index in [9.17, 15) is 13.2 Å². The van der Waals surface area contributed by atoms with Crippen molar-refractivity contribution in [2.45, 2.75) is 4.90 Å². The van der Waals surface area contributed by atoms with Crippen LogP contribution in [0.4, 0.5) is 0 Å². The number of sulfone groups is 1. The summed E-state index contributed by atoms with van der Waals surface area (Å²) in [5.41, 5.74) is 0.126. The van der Waals surface area contributed by atoms with Crippen molar-refractivity contribution in [2.75, 3.05) is 19.4 Å². The van der Waals surface area contributed by atoms with E-state index in [1.165, 1.54) is 12.1 Å². The lowest BCUT2D eigenvalue weighted by atomic mass is 10.2. The van der Waals surface area contributed by atoms with Crippen molar-refractivity contribution in [3.63, 3.8) is 0 Å². The van der Waals surface area contributed by atoms with E-state index in [1.54, 1.807) is 36.4 Å². The van der Waals surface area contributed by atoms with Crippen LogP contribution in [0.3, 0.4) is 0 Å². The summed E-state index contributed by atoms with van der Waals surface area (Å²) in [6.45, 7) is 0.508. The Hall–Kier alpha value is -2.05. The molecule has 1 amide bonds. The van der Waals surface area contributed by atoms with Gasteiger partial charge in [0, 0.05) is 11.3 Å². The van der Waals surface area contributed by atoms with Crippen molar-refractivity contribution in [2.24, 2.45) is 0 Å². The van der Waals surface area contributed by atoms with E-state index in [2.05, 4.69) is 5.32 Å². The van der Waals surface area contributed by atoms with Gasteiger partial charge in [0.05, 0.1) is 17.0 Å².